The number of nitro benzene ring substituents is 1. The largest absolute Gasteiger partial charge is 0.496 e. The van der Waals surface area contributed by atoms with Crippen LogP contribution in [0, 0.1) is 10.1 Å². The van der Waals surface area contributed by atoms with E-state index in [2.05, 4.69) is 4.74 Å². The van der Waals surface area contributed by atoms with E-state index in [1.165, 1.54) is 0 Å². The molecule has 0 N–H and O–H groups in total. The van der Waals surface area contributed by atoms with Crippen molar-refractivity contribution in [2.75, 3.05) is 7.11 Å². The fourth-order valence-electron chi connectivity index (χ4n) is 1.28. The van der Waals surface area contributed by atoms with Crippen molar-refractivity contribution in [2.24, 2.45) is 0 Å². The Morgan fingerprint density at radius 1 is 1.44 bits per heavy atom. The maximum absolute atomic E-state index is 12.8. The molecule has 0 saturated heterocycles. The lowest BCUT2D eigenvalue weighted by Gasteiger charge is -2.11. The van der Waals surface area contributed by atoms with Gasteiger partial charge in [0.1, 0.15) is 10.6 Å². The summed E-state index contributed by atoms with van der Waals surface area (Å²) in [6.45, 7) is 0. The number of hydrogen-bond donors (Lipinski definition) is 0. The molecule has 0 atom stereocenters. The molecule has 0 aliphatic rings. The second-order valence-electron chi connectivity index (χ2n) is 3.06. The lowest BCUT2D eigenvalue weighted by Crippen LogP contribution is -2.04. The van der Waals surface area contributed by atoms with E-state index in [1.54, 1.807) is 0 Å². The van der Waals surface area contributed by atoms with Gasteiger partial charge < -0.3 is 4.74 Å². The van der Waals surface area contributed by atoms with Crippen LogP contribution < -0.4 is 4.74 Å². The number of hydrogen-bond acceptors (Lipinski definition) is 5. The first kappa shape index (κ1) is 14.6. The molecule has 100 valence electrons. The van der Waals surface area contributed by atoms with Crippen molar-refractivity contribution in [2.45, 2.75) is 11.3 Å². The first-order valence-electron chi connectivity index (χ1n) is 4.27. The molecular weight excluding hydrogens is 296 g/mol. The standard InChI is InChI=1S/C8H6ClF2NO5S/c1-17-5-2-4(12(13)14)3-6(18(9,15)16)7(5)8(10)11/h2-3,8H,1H3. The van der Waals surface area contributed by atoms with Gasteiger partial charge in [-0.3, -0.25) is 10.1 Å². The van der Waals surface area contributed by atoms with E-state index in [1.807, 2.05) is 0 Å². The topological polar surface area (TPSA) is 86.5 Å². The van der Waals surface area contributed by atoms with Gasteiger partial charge in [-0.1, -0.05) is 0 Å². The van der Waals surface area contributed by atoms with E-state index < -0.39 is 42.3 Å². The average Bonchev–Trinajstić information content (AvgIpc) is 2.25. The van der Waals surface area contributed by atoms with E-state index in [0.29, 0.717) is 12.1 Å². The maximum atomic E-state index is 12.8. The number of rotatable bonds is 4. The summed E-state index contributed by atoms with van der Waals surface area (Å²) in [5.41, 5.74) is -1.71. The summed E-state index contributed by atoms with van der Waals surface area (Å²) in [6.07, 6.45) is -3.20. The maximum Gasteiger partial charge on any atom is 0.274 e. The average molecular weight is 302 g/mol. The summed E-state index contributed by atoms with van der Waals surface area (Å²) < 4.78 is 52.4. The summed E-state index contributed by atoms with van der Waals surface area (Å²) in [4.78, 5) is 8.58. The van der Waals surface area contributed by atoms with Crippen molar-refractivity contribution in [3.63, 3.8) is 0 Å². The summed E-state index contributed by atoms with van der Waals surface area (Å²) in [5, 5.41) is 10.6. The van der Waals surface area contributed by atoms with Crippen molar-refractivity contribution in [1.29, 1.82) is 0 Å². The number of ether oxygens (including phenoxy) is 1. The molecule has 0 fully saturated rings. The molecule has 0 aromatic heterocycles. The van der Waals surface area contributed by atoms with Crippen LogP contribution in [0.4, 0.5) is 14.5 Å². The van der Waals surface area contributed by atoms with Crippen molar-refractivity contribution >= 4 is 25.4 Å². The van der Waals surface area contributed by atoms with Crippen molar-refractivity contribution < 1.29 is 26.9 Å². The fraction of sp³-hybridized carbons (Fsp3) is 0.250. The minimum absolute atomic E-state index is 0.465. The minimum atomic E-state index is -4.56. The molecule has 0 spiro atoms. The van der Waals surface area contributed by atoms with E-state index >= 15 is 0 Å². The van der Waals surface area contributed by atoms with Gasteiger partial charge in [0.15, 0.2) is 0 Å². The second-order valence-corrected chi connectivity index (χ2v) is 5.59. The van der Waals surface area contributed by atoms with Crippen LogP contribution in [0.1, 0.15) is 12.0 Å². The highest BCUT2D eigenvalue weighted by molar-refractivity contribution is 8.13. The molecule has 18 heavy (non-hydrogen) atoms. The smallest absolute Gasteiger partial charge is 0.274 e. The van der Waals surface area contributed by atoms with E-state index in [9.17, 15) is 27.3 Å². The van der Waals surface area contributed by atoms with Crippen molar-refractivity contribution in [3.05, 3.63) is 27.8 Å². The quantitative estimate of drug-likeness (QED) is 0.484. The normalized spacial score (nSPS) is 11.6. The Labute approximate surface area is 105 Å². The monoisotopic (exact) mass is 301 g/mol. The molecule has 1 aromatic rings. The number of methoxy groups -OCH3 is 1. The highest BCUT2D eigenvalue weighted by Gasteiger charge is 2.29. The van der Waals surface area contributed by atoms with Gasteiger partial charge in [-0.2, -0.15) is 0 Å². The molecule has 1 rings (SSSR count). The number of benzene rings is 1. The van der Waals surface area contributed by atoms with Gasteiger partial charge in [0, 0.05) is 16.7 Å². The molecule has 1 aromatic carbocycles. The van der Waals surface area contributed by atoms with Crippen LogP contribution in [0.25, 0.3) is 0 Å². The number of non-ortho nitro benzene ring substituents is 1. The van der Waals surface area contributed by atoms with Crippen LogP contribution >= 0.6 is 10.7 Å². The molecule has 0 heterocycles. The highest BCUT2D eigenvalue weighted by atomic mass is 35.7. The Bertz CT molecular complexity index is 589. The molecule has 0 saturated carbocycles. The van der Waals surface area contributed by atoms with Crippen LogP contribution in [0.5, 0.6) is 5.75 Å². The molecule has 0 bridgehead atoms. The van der Waals surface area contributed by atoms with Crippen LogP contribution in [0.3, 0.4) is 0 Å². The Balaban J connectivity index is 3.74. The van der Waals surface area contributed by atoms with Crippen molar-refractivity contribution in [1.82, 2.24) is 0 Å². The Kier molecular flexibility index (Phi) is 4.07. The number of nitrogens with zero attached hydrogens (tertiary/aromatic N) is 1. The van der Waals surface area contributed by atoms with Gasteiger partial charge >= 0.3 is 0 Å². The van der Waals surface area contributed by atoms with Gasteiger partial charge in [0.05, 0.1) is 23.7 Å². The third kappa shape index (κ3) is 2.85. The third-order valence-electron chi connectivity index (χ3n) is 2.00. The zero-order valence-electron chi connectivity index (χ0n) is 8.76. The lowest BCUT2D eigenvalue weighted by molar-refractivity contribution is -0.385. The predicted molar refractivity (Wildman–Crippen MR) is 57.6 cm³/mol. The first-order valence-corrected chi connectivity index (χ1v) is 6.58. The third-order valence-corrected chi connectivity index (χ3v) is 3.36. The molecule has 10 heteroatoms. The van der Waals surface area contributed by atoms with E-state index in [0.717, 1.165) is 7.11 Å². The highest BCUT2D eigenvalue weighted by Crippen LogP contribution is 2.39. The zero-order chi connectivity index (χ0) is 14.1. The van der Waals surface area contributed by atoms with E-state index in [-0.39, 0.29) is 0 Å². The zero-order valence-corrected chi connectivity index (χ0v) is 10.3. The van der Waals surface area contributed by atoms with Gasteiger partial charge in [-0.05, 0) is 0 Å². The molecule has 0 aliphatic heterocycles. The van der Waals surface area contributed by atoms with Gasteiger partial charge in [-0.25, -0.2) is 17.2 Å². The van der Waals surface area contributed by atoms with Crippen molar-refractivity contribution in [3.8, 4) is 5.75 Å². The first-order chi connectivity index (χ1) is 8.18. The SMILES string of the molecule is COc1cc([N+](=O)[O-])cc(S(=O)(=O)Cl)c1C(F)F. The number of halogens is 3. The molecular formula is C8H6ClF2NO5S. The Morgan fingerprint density at radius 2 is 2.00 bits per heavy atom. The summed E-state index contributed by atoms with van der Waals surface area (Å²) >= 11 is 0. The molecule has 0 amide bonds. The summed E-state index contributed by atoms with van der Waals surface area (Å²) in [7, 11) is 1.40. The minimum Gasteiger partial charge on any atom is -0.496 e. The number of alkyl halides is 2. The molecule has 0 radical (unpaired) electrons. The summed E-state index contributed by atoms with van der Waals surface area (Å²) in [5.74, 6) is -0.613. The van der Waals surface area contributed by atoms with Gasteiger partial charge in [0.25, 0.3) is 21.2 Å². The van der Waals surface area contributed by atoms with E-state index in [4.69, 9.17) is 10.7 Å². The lowest BCUT2D eigenvalue weighted by atomic mass is 10.2. The summed E-state index contributed by atoms with van der Waals surface area (Å²) in [6, 6.07) is 1.17. The van der Waals surface area contributed by atoms with Crippen LogP contribution in [-0.4, -0.2) is 20.5 Å². The van der Waals surface area contributed by atoms with Crippen LogP contribution in [-0.2, 0) is 9.05 Å². The van der Waals surface area contributed by atoms with Crippen LogP contribution in [0.15, 0.2) is 17.0 Å². The predicted octanol–water partition coefficient (Wildman–Crippen LogP) is 2.47. The Morgan fingerprint density at radius 3 is 2.33 bits per heavy atom. The second kappa shape index (κ2) is 5.02. The van der Waals surface area contributed by atoms with Gasteiger partial charge in [0.2, 0.25) is 0 Å². The molecule has 6 nitrogen and oxygen atoms in total. The number of nitro groups is 1. The van der Waals surface area contributed by atoms with Crippen LogP contribution in [0.2, 0.25) is 0 Å². The molecule has 0 unspecified atom stereocenters. The molecule has 0 aliphatic carbocycles. The Hall–Kier alpha value is -1.48. The van der Waals surface area contributed by atoms with Gasteiger partial charge in [-0.15, -0.1) is 0 Å². The fourth-order valence-corrected chi connectivity index (χ4v) is 2.38.